The van der Waals surface area contributed by atoms with Crippen molar-refractivity contribution in [3.05, 3.63) is 21.9 Å². The second-order valence-electron chi connectivity index (χ2n) is 1.69. The Morgan fingerprint density at radius 3 is 2.44 bits per heavy atom. The zero-order chi connectivity index (χ0) is 6.69. The van der Waals surface area contributed by atoms with E-state index < -0.39 is 0 Å². The standard InChI is InChI=1S/C6H6Br2S/c7-2-5-1-6(3-8)9-4-5/h1,4H,2-3H2. The molecule has 0 saturated heterocycles. The third-order valence-electron chi connectivity index (χ3n) is 0.994. The smallest absolute Gasteiger partial charge is 0.0377 e. The SMILES string of the molecule is BrCc1csc(CBr)c1. The second kappa shape index (κ2) is 3.74. The third kappa shape index (κ3) is 2.06. The van der Waals surface area contributed by atoms with Gasteiger partial charge in [0.05, 0.1) is 0 Å². The van der Waals surface area contributed by atoms with Gasteiger partial charge in [-0.2, -0.15) is 0 Å². The second-order valence-corrected chi connectivity index (χ2v) is 3.81. The Bertz CT molecular complexity index is 164. The molecular formula is C6H6Br2S. The van der Waals surface area contributed by atoms with Crippen molar-refractivity contribution in [2.45, 2.75) is 10.7 Å². The average Bonchev–Trinajstić information content (AvgIpc) is 2.34. The van der Waals surface area contributed by atoms with Gasteiger partial charge in [-0.3, -0.25) is 0 Å². The summed E-state index contributed by atoms with van der Waals surface area (Å²) in [5, 5.41) is 4.12. The lowest BCUT2D eigenvalue weighted by Gasteiger charge is -1.81. The molecule has 0 radical (unpaired) electrons. The van der Waals surface area contributed by atoms with Crippen molar-refractivity contribution in [2.24, 2.45) is 0 Å². The minimum atomic E-state index is 0.969. The van der Waals surface area contributed by atoms with Gasteiger partial charge in [0.25, 0.3) is 0 Å². The molecule has 0 aliphatic carbocycles. The number of hydrogen-bond donors (Lipinski definition) is 0. The first-order chi connectivity index (χ1) is 4.36. The summed E-state index contributed by atoms with van der Waals surface area (Å²) >= 11 is 8.58. The van der Waals surface area contributed by atoms with Crippen molar-refractivity contribution in [3.8, 4) is 0 Å². The summed E-state index contributed by atoms with van der Waals surface area (Å²) in [6.45, 7) is 0. The molecule has 1 heterocycles. The van der Waals surface area contributed by atoms with Crippen molar-refractivity contribution in [2.75, 3.05) is 0 Å². The van der Waals surface area contributed by atoms with E-state index in [0.29, 0.717) is 0 Å². The van der Waals surface area contributed by atoms with Crippen LogP contribution < -0.4 is 0 Å². The highest BCUT2D eigenvalue weighted by Crippen LogP contribution is 2.18. The van der Waals surface area contributed by atoms with E-state index in [9.17, 15) is 0 Å². The van der Waals surface area contributed by atoms with Crippen LogP contribution in [0, 0.1) is 0 Å². The fourth-order valence-corrected chi connectivity index (χ4v) is 2.40. The van der Waals surface area contributed by atoms with Gasteiger partial charge in [0.15, 0.2) is 0 Å². The molecule has 0 saturated carbocycles. The number of alkyl halides is 2. The highest BCUT2D eigenvalue weighted by atomic mass is 79.9. The van der Waals surface area contributed by atoms with Crippen LogP contribution in [0.3, 0.4) is 0 Å². The van der Waals surface area contributed by atoms with Crippen LogP contribution in [0.4, 0.5) is 0 Å². The molecule has 0 nitrogen and oxygen atoms in total. The van der Waals surface area contributed by atoms with Crippen LogP contribution in [-0.4, -0.2) is 0 Å². The van der Waals surface area contributed by atoms with Crippen LogP contribution in [0.1, 0.15) is 10.4 Å². The van der Waals surface area contributed by atoms with Gasteiger partial charge in [0.1, 0.15) is 0 Å². The quantitative estimate of drug-likeness (QED) is 0.721. The first kappa shape index (κ1) is 7.76. The van der Waals surface area contributed by atoms with Gasteiger partial charge in [-0.1, -0.05) is 31.9 Å². The predicted octanol–water partition coefficient (Wildman–Crippen LogP) is 3.54. The summed E-state index contributed by atoms with van der Waals surface area (Å²) in [6, 6.07) is 2.20. The molecule has 0 fully saturated rings. The van der Waals surface area contributed by atoms with Gasteiger partial charge in [0, 0.05) is 15.5 Å². The van der Waals surface area contributed by atoms with E-state index in [2.05, 4.69) is 43.3 Å². The molecule has 0 spiro atoms. The van der Waals surface area contributed by atoms with Crippen LogP contribution in [0.15, 0.2) is 11.4 Å². The summed E-state index contributed by atoms with van der Waals surface area (Å²) in [5.74, 6) is 0. The largest absolute Gasteiger partial charge is 0.148 e. The topological polar surface area (TPSA) is 0 Å². The molecule has 9 heavy (non-hydrogen) atoms. The Morgan fingerprint density at radius 1 is 1.33 bits per heavy atom. The fourth-order valence-electron chi connectivity index (χ4n) is 0.566. The lowest BCUT2D eigenvalue weighted by atomic mass is 10.4. The summed E-state index contributed by atoms with van der Waals surface area (Å²) in [5.41, 5.74) is 1.37. The fraction of sp³-hybridized carbons (Fsp3) is 0.333. The summed E-state index contributed by atoms with van der Waals surface area (Å²) in [4.78, 5) is 1.39. The normalized spacial score (nSPS) is 10.0. The van der Waals surface area contributed by atoms with E-state index in [4.69, 9.17) is 0 Å². The Hall–Kier alpha value is 0.660. The molecule has 0 aliphatic heterocycles. The number of rotatable bonds is 2. The number of thiophene rings is 1. The molecular weight excluding hydrogens is 264 g/mol. The maximum Gasteiger partial charge on any atom is 0.0377 e. The molecule has 50 valence electrons. The summed E-state index contributed by atoms with van der Waals surface area (Å²) in [7, 11) is 0. The first-order valence-corrected chi connectivity index (χ1v) is 5.67. The highest BCUT2D eigenvalue weighted by Gasteiger charge is 1.94. The molecule has 0 aromatic carbocycles. The monoisotopic (exact) mass is 268 g/mol. The Kier molecular flexibility index (Phi) is 3.22. The Labute approximate surface area is 75.5 Å². The molecule has 1 aromatic rings. The van der Waals surface area contributed by atoms with Crippen molar-refractivity contribution in [1.29, 1.82) is 0 Å². The number of hydrogen-bond acceptors (Lipinski definition) is 1. The summed E-state index contributed by atoms with van der Waals surface area (Å²) in [6.07, 6.45) is 0. The first-order valence-electron chi connectivity index (χ1n) is 2.55. The van der Waals surface area contributed by atoms with Gasteiger partial charge in [-0.25, -0.2) is 0 Å². The van der Waals surface area contributed by atoms with E-state index in [1.165, 1.54) is 10.4 Å². The molecule has 0 atom stereocenters. The van der Waals surface area contributed by atoms with Crippen LogP contribution >= 0.6 is 43.2 Å². The van der Waals surface area contributed by atoms with Crippen LogP contribution in [0.25, 0.3) is 0 Å². The van der Waals surface area contributed by atoms with Gasteiger partial charge in [-0.05, 0) is 17.0 Å². The highest BCUT2D eigenvalue weighted by molar-refractivity contribution is 9.08. The minimum Gasteiger partial charge on any atom is -0.148 e. The van der Waals surface area contributed by atoms with Gasteiger partial charge in [0.2, 0.25) is 0 Å². The maximum absolute atomic E-state index is 3.40. The molecule has 3 heteroatoms. The molecule has 0 N–H and O–H groups in total. The lowest BCUT2D eigenvalue weighted by Crippen LogP contribution is -1.66. The molecule has 0 aliphatic rings. The van der Waals surface area contributed by atoms with Crippen molar-refractivity contribution in [3.63, 3.8) is 0 Å². The summed E-state index contributed by atoms with van der Waals surface area (Å²) < 4.78 is 0. The maximum atomic E-state index is 3.40. The van der Waals surface area contributed by atoms with E-state index >= 15 is 0 Å². The van der Waals surface area contributed by atoms with Gasteiger partial charge < -0.3 is 0 Å². The number of halogens is 2. The van der Waals surface area contributed by atoms with Gasteiger partial charge >= 0.3 is 0 Å². The zero-order valence-corrected chi connectivity index (χ0v) is 8.72. The van der Waals surface area contributed by atoms with Crippen molar-refractivity contribution >= 4 is 43.2 Å². The van der Waals surface area contributed by atoms with E-state index in [1.807, 2.05) is 0 Å². The van der Waals surface area contributed by atoms with E-state index in [0.717, 1.165) is 10.7 Å². The molecule has 1 aromatic heterocycles. The lowest BCUT2D eigenvalue weighted by molar-refractivity contribution is 1.46. The van der Waals surface area contributed by atoms with E-state index in [-0.39, 0.29) is 0 Å². The van der Waals surface area contributed by atoms with Crippen LogP contribution in [-0.2, 0) is 10.7 Å². The molecule has 0 amide bonds. The van der Waals surface area contributed by atoms with Crippen molar-refractivity contribution < 1.29 is 0 Å². The molecule has 0 unspecified atom stereocenters. The Morgan fingerprint density at radius 2 is 2.11 bits per heavy atom. The van der Waals surface area contributed by atoms with Crippen molar-refractivity contribution in [1.82, 2.24) is 0 Å². The molecule has 0 bridgehead atoms. The average molecular weight is 270 g/mol. The minimum absolute atomic E-state index is 0.969. The third-order valence-corrected chi connectivity index (χ3v) is 3.60. The zero-order valence-electron chi connectivity index (χ0n) is 4.73. The van der Waals surface area contributed by atoms with Crippen LogP contribution in [0.5, 0.6) is 0 Å². The Balaban J connectivity index is 2.74. The van der Waals surface area contributed by atoms with Crippen LogP contribution in [0.2, 0.25) is 0 Å². The predicted molar refractivity (Wildman–Crippen MR) is 49.6 cm³/mol. The van der Waals surface area contributed by atoms with E-state index in [1.54, 1.807) is 11.3 Å². The molecule has 1 rings (SSSR count). The van der Waals surface area contributed by atoms with Gasteiger partial charge in [-0.15, -0.1) is 11.3 Å².